The second-order valence-electron chi connectivity index (χ2n) is 4.23. The van der Waals surface area contributed by atoms with Gasteiger partial charge in [-0.2, -0.15) is 0 Å². The molecule has 0 aliphatic carbocycles. The molecule has 1 rings (SSSR count). The average molecular weight is 322 g/mol. The highest BCUT2D eigenvalue weighted by molar-refractivity contribution is 9.10. The van der Waals surface area contributed by atoms with E-state index in [2.05, 4.69) is 15.9 Å². The van der Waals surface area contributed by atoms with Gasteiger partial charge >= 0.3 is 5.97 Å². The lowest BCUT2D eigenvalue weighted by atomic mass is 9.87. The van der Waals surface area contributed by atoms with Gasteiger partial charge in [-0.15, -0.1) is 0 Å². The zero-order chi connectivity index (χ0) is 13.2. The minimum atomic E-state index is -1.06. The van der Waals surface area contributed by atoms with Gasteiger partial charge in [-0.05, 0) is 39.5 Å². The van der Waals surface area contributed by atoms with E-state index in [0.29, 0.717) is 15.1 Å². The molecule has 0 heterocycles. The highest BCUT2D eigenvalue weighted by Gasteiger charge is 2.30. The van der Waals surface area contributed by atoms with Crippen molar-refractivity contribution in [1.29, 1.82) is 0 Å². The van der Waals surface area contributed by atoms with Gasteiger partial charge in [-0.25, -0.2) is 0 Å². The number of carbonyl (C=O) groups is 1. The summed E-state index contributed by atoms with van der Waals surface area (Å²) in [4.78, 5) is 11.1. The van der Waals surface area contributed by atoms with Crippen LogP contribution in [0.5, 0.6) is 0 Å². The molecule has 0 aromatic heterocycles. The van der Waals surface area contributed by atoms with Crippen molar-refractivity contribution in [2.75, 3.05) is 0 Å². The standard InChI is InChI=1S/C12H14BrClO3/c1-6(2)10(12(16)17)11(15)7-3-4-8(13)9(14)5-7/h3-6,10-11,15H,1-2H3,(H,16,17). The predicted molar refractivity (Wildman–Crippen MR) is 70.1 cm³/mol. The molecule has 0 saturated carbocycles. The van der Waals surface area contributed by atoms with E-state index < -0.39 is 18.0 Å². The van der Waals surface area contributed by atoms with Crippen LogP contribution in [0.1, 0.15) is 25.5 Å². The van der Waals surface area contributed by atoms with Gasteiger partial charge in [0.15, 0.2) is 0 Å². The molecule has 0 aliphatic rings. The lowest BCUT2D eigenvalue weighted by Gasteiger charge is -2.22. The van der Waals surface area contributed by atoms with Crippen LogP contribution >= 0.6 is 27.5 Å². The van der Waals surface area contributed by atoms with Crippen LogP contribution in [-0.4, -0.2) is 16.2 Å². The van der Waals surface area contributed by atoms with Gasteiger partial charge in [0.05, 0.1) is 17.0 Å². The molecule has 3 nitrogen and oxygen atoms in total. The molecule has 0 fully saturated rings. The molecule has 0 radical (unpaired) electrons. The molecule has 2 atom stereocenters. The summed E-state index contributed by atoms with van der Waals surface area (Å²) in [6.07, 6.45) is -1.06. The van der Waals surface area contributed by atoms with Crippen LogP contribution in [0.4, 0.5) is 0 Å². The summed E-state index contributed by atoms with van der Waals surface area (Å²) in [6, 6.07) is 4.94. The lowest BCUT2D eigenvalue weighted by Crippen LogP contribution is -2.26. The summed E-state index contributed by atoms with van der Waals surface area (Å²) < 4.78 is 0.714. The fourth-order valence-corrected chi connectivity index (χ4v) is 2.12. The van der Waals surface area contributed by atoms with Crippen molar-refractivity contribution in [1.82, 2.24) is 0 Å². The molecule has 2 unspecified atom stereocenters. The minimum absolute atomic E-state index is 0.162. The Morgan fingerprint density at radius 1 is 1.41 bits per heavy atom. The average Bonchev–Trinajstić information content (AvgIpc) is 2.20. The Morgan fingerprint density at radius 2 is 2.00 bits per heavy atom. The number of rotatable bonds is 4. The van der Waals surface area contributed by atoms with E-state index in [1.807, 2.05) is 0 Å². The highest BCUT2D eigenvalue weighted by atomic mass is 79.9. The monoisotopic (exact) mass is 320 g/mol. The normalized spacial score (nSPS) is 14.7. The Morgan fingerprint density at radius 3 is 2.41 bits per heavy atom. The first kappa shape index (κ1) is 14.5. The molecule has 0 saturated heterocycles. The predicted octanol–water partition coefficient (Wildman–Crippen LogP) is 3.49. The highest BCUT2D eigenvalue weighted by Crippen LogP contribution is 2.32. The summed E-state index contributed by atoms with van der Waals surface area (Å²) in [7, 11) is 0. The third-order valence-corrected chi connectivity index (χ3v) is 3.86. The largest absolute Gasteiger partial charge is 0.481 e. The maximum absolute atomic E-state index is 11.1. The molecular formula is C12H14BrClO3. The van der Waals surface area contributed by atoms with Crippen LogP contribution in [0, 0.1) is 11.8 Å². The number of carboxylic acid groups (broad SMARTS) is 1. The zero-order valence-electron chi connectivity index (χ0n) is 9.52. The van der Waals surface area contributed by atoms with Gasteiger partial charge in [-0.1, -0.05) is 31.5 Å². The molecule has 0 bridgehead atoms. The molecule has 0 spiro atoms. The molecule has 1 aromatic rings. The number of aliphatic carboxylic acids is 1. The van der Waals surface area contributed by atoms with Crippen LogP contribution < -0.4 is 0 Å². The SMILES string of the molecule is CC(C)C(C(=O)O)C(O)c1ccc(Br)c(Cl)c1. The van der Waals surface area contributed by atoms with Crippen molar-refractivity contribution in [3.63, 3.8) is 0 Å². The van der Waals surface area contributed by atoms with Crippen LogP contribution in [0.25, 0.3) is 0 Å². The number of aliphatic hydroxyl groups is 1. The molecule has 2 N–H and O–H groups in total. The third-order valence-electron chi connectivity index (χ3n) is 2.63. The first-order valence-electron chi connectivity index (χ1n) is 5.20. The Kier molecular flexibility index (Phi) is 4.98. The minimum Gasteiger partial charge on any atom is -0.481 e. The van der Waals surface area contributed by atoms with Crippen molar-refractivity contribution < 1.29 is 15.0 Å². The maximum Gasteiger partial charge on any atom is 0.309 e. The van der Waals surface area contributed by atoms with Gasteiger partial charge in [0.1, 0.15) is 0 Å². The number of aliphatic hydroxyl groups excluding tert-OH is 1. The summed E-state index contributed by atoms with van der Waals surface area (Å²) in [6.45, 7) is 3.53. The van der Waals surface area contributed by atoms with E-state index in [0.717, 1.165) is 0 Å². The van der Waals surface area contributed by atoms with Crippen molar-refractivity contribution in [2.45, 2.75) is 20.0 Å². The van der Waals surface area contributed by atoms with E-state index in [1.54, 1.807) is 32.0 Å². The van der Waals surface area contributed by atoms with Gasteiger partial charge in [0, 0.05) is 4.47 Å². The van der Waals surface area contributed by atoms with Crippen molar-refractivity contribution in [2.24, 2.45) is 11.8 Å². The molecular weight excluding hydrogens is 307 g/mol. The fraction of sp³-hybridized carbons (Fsp3) is 0.417. The van der Waals surface area contributed by atoms with E-state index >= 15 is 0 Å². The van der Waals surface area contributed by atoms with Crippen LogP contribution in [0.15, 0.2) is 22.7 Å². The Labute approximate surface area is 114 Å². The number of halogens is 2. The quantitative estimate of drug-likeness (QED) is 0.892. The van der Waals surface area contributed by atoms with E-state index in [4.69, 9.17) is 16.7 Å². The molecule has 17 heavy (non-hydrogen) atoms. The fourth-order valence-electron chi connectivity index (χ4n) is 1.69. The maximum atomic E-state index is 11.1. The summed E-state index contributed by atoms with van der Waals surface area (Å²) in [5, 5.41) is 19.6. The van der Waals surface area contributed by atoms with Crippen molar-refractivity contribution in [3.05, 3.63) is 33.3 Å². The summed E-state index contributed by atoms with van der Waals surface area (Å²) in [5.41, 5.74) is 0.513. The molecule has 5 heteroatoms. The summed E-state index contributed by atoms with van der Waals surface area (Å²) in [5.74, 6) is -2.01. The lowest BCUT2D eigenvalue weighted by molar-refractivity contribution is -0.148. The van der Waals surface area contributed by atoms with Crippen LogP contribution in [-0.2, 0) is 4.79 Å². The number of hydrogen-bond acceptors (Lipinski definition) is 2. The van der Waals surface area contributed by atoms with Gasteiger partial charge in [0.2, 0.25) is 0 Å². The first-order valence-corrected chi connectivity index (χ1v) is 6.37. The van der Waals surface area contributed by atoms with Crippen molar-refractivity contribution in [3.8, 4) is 0 Å². The third kappa shape index (κ3) is 3.44. The molecule has 94 valence electrons. The Hall–Kier alpha value is -0.580. The number of carboxylic acids is 1. The van der Waals surface area contributed by atoms with E-state index in [9.17, 15) is 9.90 Å². The Bertz CT molecular complexity index is 420. The Balaban J connectivity index is 3.05. The molecule has 0 aliphatic heterocycles. The zero-order valence-corrected chi connectivity index (χ0v) is 11.9. The van der Waals surface area contributed by atoms with Crippen LogP contribution in [0.3, 0.4) is 0 Å². The second-order valence-corrected chi connectivity index (χ2v) is 5.49. The van der Waals surface area contributed by atoms with E-state index in [1.165, 1.54) is 0 Å². The first-order chi connectivity index (χ1) is 7.84. The van der Waals surface area contributed by atoms with Gasteiger partial charge < -0.3 is 10.2 Å². The molecule has 0 amide bonds. The van der Waals surface area contributed by atoms with E-state index in [-0.39, 0.29) is 5.92 Å². The molecule has 1 aromatic carbocycles. The van der Waals surface area contributed by atoms with Crippen molar-refractivity contribution >= 4 is 33.5 Å². The number of benzene rings is 1. The smallest absolute Gasteiger partial charge is 0.309 e. The van der Waals surface area contributed by atoms with Crippen LogP contribution in [0.2, 0.25) is 5.02 Å². The summed E-state index contributed by atoms with van der Waals surface area (Å²) >= 11 is 9.16. The van der Waals surface area contributed by atoms with Gasteiger partial charge in [0.25, 0.3) is 0 Å². The second kappa shape index (κ2) is 5.85. The van der Waals surface area contributed by atoms with Gasteiger partial charge in [-0.3, -0.25) is 4.79 Å². The number of hydrogen-bond donors (Lipinski definition) is 2. The topological polar surface area (TPSA) is 57.5 Å².